The summed E-state index contributed by atoms with van der Waals surface area (Å²) < 4.78 is 13.7. The number of nitrogens with zero attached hydrogens (tertiary/aromatic N) is 2. The van der Waals surface area contributed by atoms with Gasteiger partial charge in [0.2, 0.25) is 0 Å². The van der Waals surface area contributed by atoms with Gasteiger partial charge in [-0.2, -0.15) is 0 Å². The lowest BCUT2D eigenvalue weighted by Gasteiger charge is -2.14. The number of hydrogen-bond donors (Lipinski definition) is 2. The molecule has 0 aliphatic carbocycles. The van der Waals surface area contributed by atoms with Crippen molar-refractivity contribution in [2.24, 2.45) is 0 Å². The average Bonchev–Trinajstić information content (AvgIpc) is 2.57. The monoisotopic (exact) mass is 336 g/mol. The summed E-state index contributed by atoms with van der Waals surface area (Å²) in [6.07, 6.45) is 0. The predicted octanol–water partition coefficient (Wildman–Crippen LogP) is 4.90. The summed E-state index contributed by atoms with van der Waals surface area (Å²) in [5.41, 5.74) is 3.94. The molecular formula is C20H21FN4. The van der Waals surface area contributed by atoms with Gasteiger partial charge < -0.3 is 10.6 Å². The Morgan fingerprint density at radius 1 is 0.880 bits per heavy atom. The maximum absolute atomic E-state index is 13.7. The molecule has 3 rings (SSSR count). The van der Waals surface area contributed by atoms with Gasteiger partial charge in [0.15, 0.2) is 0 Å². The van der Waals surface area contributed by atoms with Gasteiger partial charge in [-0.3, -0.25) is 0 Å². The molecule has 4 nitrogen and oxygen atoms in total. The third-order valence-corrected chi connectivity index (χ3v) is 3.99. The van der Waals surface area contributed by atoms with Crippen LogP contribution in [0.3, 0.4) is 0 Å². The van der Waals surface area contributed by atoms with Gasteiger partial charge in [0.25, 0.3) is 0 Å². The fraction of sp³-hybridized carbons (Fsp3) is 0.200. The van der Waals surface area contributed by atoms with Crippen LogP contribution in [-0.2, 0) is 6.54 Å². The van der Waals surface area contributed by atoms with Crippen LogP contribution in [0.15, 0.2) is 48.5 Å². The normalized spacial score (nSPS) is 10.6. The van der Waals surface area contributed by atoms with E-state index in [1.807, 2.05) is 25.1 Å². The molecule has 0 atom stereocenters. The minimum absolute atomic E-state index is 0.227. The Morgan fingerprint density at radius 2 is 1.56 bits per heavy atom. The van der Waals surface area contributed by atoms with Crippen molar-refractivity contribution in [3.8, 4) is 0 Å². The Morgan fingerprint density at radius 3 is 2.28 bits per heavy atom. The number of aryl methyl sites for hydroxylation is 3. The van der Waals surface area contributed by atoms with E-state index >= 15 is 0 Å². The highest BCUT2D eigenvalue weighted by Crippen LogP contribution is 2.24. The molecule has 0 bridgehead atoms. The first-order valence-corrected chi connectivity index (χ1v) is 8.19. The minimum Gasteiger partial charge on any atom is -0.366 e. The number of anilines is 3. The molecule has 0 saturated carbocycles. The van der Waals surface area contributed by atoms with Crippen molar-refractivity contribution in [2.75, 3.05) is 10.6 Å². The molecule has 2 aromatic carbocycles. The predicted molar refractivity (Wildman–Crippen MR) is 99.7 cm³/mol. The van der Waals surface area contributed by atoms with E-state index in [1.54, 1.807) is 12.1 Å². The number of rotatable bonds is 5. The zero-order chi connectivity index (χ0) is 17.8. The molecule has 1 aromatic heterocycles. The minimum atomic E-state index is -0.227. The van der Waals surface area contributed by atoms with Crippen LogP contribution in [0.5, 0.6) is 0 Å². The summed E-state index contributed by atoms with van der Waals surface area (Å²) in [5.74, 6) is 1.78. The standard InChI is InChI=1S/C20H21FN4/c1-13-7-6-8-14(2)20(13)25-19-11-18(23-15(3)24-19)22-12-16-9-4-5-10-17(16)21/h4-11H,12H2,1-3H3,(H2,22,23,24,25). The molecule has 128 valence electrons. The highest BCUT2D eigenvalue weighted by molar-refractivity contribution is 5.65. The second-order valence-corrected chi connectivity index (χ2v) is 6.02. The van der Waals surface area contributed by atoms with Gasteiger partial charge >= 0.3 is 0 Å². The van der Waals surface area contributed by atoms with Gasteiger partial charge in [-0.15, -0.1) is 0 Å². The van der Waals surface area contributed by atoms with Crippen molar-refractivity contribution in [3.63, 3.8) is 0 Å². The van der Waals surface area contributed by atoms with E-state index in [4.69, 9.17) is 0 Å². The molecule has 0 amide bonds. The molecule has 0 spiro atoms. The number of hydrogen-bond acceptors (Lipinski definition) is 4. The van der Waals surface area contributed by atoms with Crippen molar-refractivity contribution >= 4 is 17.3 Å². The van der Waals surface area contributed by atoms with E-state index in [0.29, 0.717) is 29.6 Å². The fourth-order valence-electron chi connectivity index (χ4n) is 2.69. The molecule has 0 saturated heterocycles. The van der Waals surface area contributed by atoms with Crippen molar-refractivity contribution in [1.29, 1.82) is 0 Å². The molecule has 0 unspecified atom stereocenters. The van der Waals surface area contributed by atoms with E-state index in [0.717, 1.165) is 16.8 Å². The third kappa shape index (κ3) is 4.12. The Kier molecular flexibility index (Phi) is 4.93. The van der Waals surface area contributed by atoms with Crippen molar-refractivity contribution < 1.29 is 4.39 Å². The van der Waals surface area contributed by atoms with E-state index < -0.39 is 0 Å². The Labute approximate surface area is 147 Å². The molecule has 0 radical (unpaired) electrons. The SMILES string of the molecule is Cc1nc(NCc2ccccc2F)cc(Nc2c(C)cccc2C)n1. The summed E-state index contributed by atoms with van der Waals surface area (Å²) in [5, 5.41) is 6.53. The molecule has 3 aromatic rings. The van der Waals surface area contributed by atoms with Crippen LogP contribution >= 0.6 is 0 Å². The summed E-state index contributed by atoms with van der Waals surface area (Å²) in [4.78, 5) is 8.83. The number of halogens is 1. The molecular weight excluding hydrogens is 315 g/mol. The average molecular weight is 336 g/mol. The second-order valence-electron chi connectivity index (χ2n) is 6.02. The molecule has 0 aliphatic rings. The van der Waals surface area contributed by atoms with Gasteiger partial charge in [-0.1, -0.05) is 36.4 Å². The molecule has 1 heterocycles. The van der Waals surface area contributed by atoms with Gasteiger partial charge in [-0.25, -0.2) is 14.4 Å². The first-order chi connectivity index (χ1) is 12.0. The van der Waals surface area contributed by atoms with Crippen LogP contribution in [0.2, 0.25) is 0 Å². The zero-order valence-electron chi connectivity index (χ0n) is 14.6. The first kappa shape index (κ1) is 16.9. The van der Waals surface area contributed by atoms with Gasteiger partial charge in [0, 0.05) is 23.9 Å². The zero-order valence-corrected chi connectivity index (χ0v) is 14.6. The second kappa shape index (κ2) is 7.30. The van der Waals surface area contributed by atoms with E-state index in [2.05, 4.69) is 46.6 Å². The highest BCUT2D eigenvalue weighted by Gasteiger charge is 2.07. The van der Waals surface area contributed by atoms with Crippen molar-refractivity contribution in [2.45, 2.75) is 27.3 Å². The lowest BCUT2D eigenvalue weighted by molar-refractivity contribution is 0.613. The van der Waals surface area contributed by atoms with Crippen LogP contribution < -0.4 is 10.6 Å². The van der Waals surface area contributed by atoms with E-state index in [1.165, 1.54) is 6.07 Å². The van der Waals surface area contributed by atoms with Crippen molar-refractivity contribution in [1.82, 2.24) is 9.97 Å². The van der Waals surface area contributed by atoms with Crippen LogP contribution in [0, 0.1) is 26.6 Å². The van der Waals surface area contributed by atoms with Gasteiger partial charge in [-0.05, 0) is 38.0 Å². The van der Waals surface area contributed by atoms with Crippen LogP contribution in [0.4, 0.5) is 21.7 Å². The molecule has 0 aliphatic heterocycles. The highest BCUT2D eigenvalue weighted by atomic mass is 19.1. The smallest absolute Gasteiger partial charge is 0.136 e. The molecule has 2 N–H and O–H groups in total. The summed E-state index contributed by atoms with van der Waals surface area (Å²) in [6, 6.07) is 14.7. The Balaban J connectivity index is 1.80. The van der Waals surface area contributed by atoms with Gasteiger partial charge in [0.1, 0.15) is 23.3 Å². The summed E-state index contributed by atoms with van der Waals surface area (Å²) in [7, 11) is 0. The summed E-state index contributed by atoms with van der Waals surface area (Å²) in [6.45, 7) is 6.32. The summed E-state index contributed by atoms with van der Waals surface area (Å²) >= 11 is 0. The van der Waals surface area contributed by atoms with Crippen LogP contribution in [0.25, 0.3) is 0 Å². The van der Waals surface area contributed by atoms with Gasteiger partial charge in [0.05, 0.1) is 0 Å². The molecule has 25 heavy (non-hydrogen) atoms. The Hall–Kier alpha value is -2.95. The van der Waals surface area contributed by atoms with E-state index in [-0.39, 0.29) is 5.82 Å². The quantitative estimate of drug-likeness (QED) is 0.696. The van der Waals surface area contributed by atoms with E-state index in [9.17, 15) is 4.39 Å². The number of nitrogens with one attached hydrogen (secondary N) is 2. The Bertz CT molecular complexity index is 872. The lowest BCUT2D eigenvalue weighted by atomic mass is 10.1. The number of aromatic nitrogens is 2. The number of benzene rings is 2. The van der Waals surface area contributed by atoms with Crippen LogP contribution in [-0.4, -0.2) is 9.97 Å². The maximum atomic E-state index is 13.7. The third-order valence-electron chi connectivity index (χ3n) is 3.99. The number of para-hydroxylation sites is 1. The van der Waals surface area contributed by atoms with Crippen molar-refractivity contribution in [3.05, 3.63) is 76.9 Å². The molecule has 0 fully saturated rings. The first-order valence-electron chi connectivity index (χ1n) is 8.19. The van der Waals surface area contributed by atoms with Crippen LogP contribution in [0.1, 0.15) is 22.5 Å². The molecule has 5 heteroatoms. The topological polar surface area (TPSA) is 49.8 Å². The largest absolute Gasteiger partial charge is 0.366 e. The fourth-order valence-corrected chi connectivity index (χ4v) is 2.69. The maximum Gasteiger partial charge on any atom is 0.136 e. The lowest BCUT2D eigenvalue weighted by Crippen LogP contribution is -2.06.